The summed E-state index contributed by atoms with van der Waals surface area (Å²) in [6.45, 7) is 2.75. The topological polar surface area (TPSA) is 178 Å². The highest BCUT2D eigenvalue weighted by Crippen LogP contribution is 2.29. The van der Waals surface area contributed by atoms with Crippen LogP contribution in [0, 0.1) is 0 Å². The molecule has 5 rings (SSSR count). The van der Waals surface area contributed by atoms with Gasteiger partial charge in [-0.05, 0) is 68.7 Å². The number of carbonyl (C=O) groups excluding carboxylic acids is 5. The van der Waals surface area contributed by atoms with E-state index in [2.05, 4.69) is 26.4 Å². The van der Waals surface area contributed by atoms with Crippen molar-refractivity contribution in [1.29, 1.82) is 0 Å². The van der Waals surface area contributed by atoms with Crippen LogP contribution in [-0.2, 0) is 51.0 Å². The van der Waals surface area contributed by atoms with Gasteiger partial charge in [0.1, 0.15) is 12.6 Å². The van der Waals surface area contributed by atoms with E-state index in [9.17, 15) is 24.0 Å². The van der Waals surface area contributed by atoms with E-state index in [1.807, 2.05) is 72.8 Å². The number of para-hydroxylation sites is 2. The van der Waals surface area contributed by atoms with E-state index in [1.165, 1.54) is 51.4 Å². The molecule has 0 spiro atoms. The van der Waals surface area contributed by atoms with Crippen molar-refractivity contribution in [3.63, 3.8) is 0 Å². The van der Waals surface area contributed by atoms with Crippen molar-refractivity contribution in [3.05, 3.63) is 90.1 Å². The Morgan fingerprint density at radius 2 is 1.27 bits per heavy atom. The van der Waals surface area contributed by atoms with Crippen LogP contribution in [0.5, 0.6) is 0 Å². The van der Waals surface area contributed by atoms with Gasteiger partial charge in [-0.2, -0.15) is 5.10 Å². The average molecular weight is 907 g/mol. The quantitative estimate of drug-likeness (QED) is 0.0189. The molecule has 0 fully saturated rings. The number of nitrogens with one attached hydrogen (secondary N) is 3. The van der Waals surface area contributed by atoms with Gasteiger partial charge >= 0.3 is 17.9 Å². The van der Waals surface area contributed by atoms with Gasteiger partial charge < -0.3 is 19.5 Å². The Kier molecular flexibility index (Phi) is 22.8. The number of esters is 3. The van der Waals surface area contributed by atoms with Crippen molar-refractivity contribution in [3.8, 4) is 0 Å². The van der Waals surface area contributed by atoms with Crippen LogP contribution < -0.4 is 21.1 Å². The number of carbonyl (C=O) groups is 5. The number of rotatable bonds is 31. The van der Waals surface area contributed by atoms with Gasteiger partial charge in [-0.3, -0.25) is 39.7 Å². The van der Waals surface area contributed by atoms with Crippen molar-refractivity contribution < 1.29 is 38.2 Å². The SMILES string of the molecule is CCOC(=O)CCCc1ccccc1NC1CCc2ccccc2N(CC(=O)OCCCCCCCCCCCCCCCCOC(=O)CCC(=O)NNc2nncc3ccccc23)C1=O. The van der Waals surface area contributed by atoms with Crippen molar-refractivity contribution >= 4 is 57.7 Å². The molecule has 0 bridgehead atoms. The van der Waals surface area contributed by atoms with Gasteiger partial charge in [-0.1, -0.05) is 138 Å². The number of nitrogens with zero attached hydrogens (tertiary/aromatic N) is 3. The van der Waals surface area contributed by atoms with E-state index in [-0.39, 0.29) is 43.1 Å². The lowest BCUT2D eigenvalue weighted by molar-refractivity contribution is -0.145. The van der Waals surface area contributed by atoms with Crippen LogP contribution >= 0.6 is 0 Å². The number of benzene rings is 3. The summed E-state index contributed by atoms with van der Waals surface area (Å²) < 4.78 is 16.0. The third kappa shape index (κ3) is 18.1. The predicted molar refractivity (Wildman–Crippen MR) is 258 cm³/mol. The second-order valence-electron chi connectivity index (χ2n) is 16.9. The molecule has 2 amide bonds. The fraction of sp³-hybridized carbons (Fsp3) is 0.519. The van der Waals surface area contributed by atoms with E-state index < -0.39 is 12.0 Å². The summed E-state index contributed by atoms with van der Waals surface area (Å²) in [7, 11) is 0. The Labute approximate surface area is 390 Å². The molecule has 0 saturated heterocycles. The maximum absolute atomic E-state index is 14.0. The van der Waals surface area contributed by atoms with Crippen LogP contribution in [0.25, 0.3) is 10.8 Å². The minimum Gasteiger partial charge on any atom is -0.466 e. The number of anilines is 3. The monoisotopic (exact) mass is 907 g/mol. The first-order valence-corrected chi connectivity index (χ1v) is 24.3. The number of aryl methyl sites for hydroxylation is 2. The molecule has 0 aliphatic carbocycles. The molecule has 0 radical (unpaired) electrons. The number of hydrazine groups is 1. The molecule has 356 valence electrons. The number of aromatic nitrogens is 2. The minimum atomic E-state index is -0.525. The highest BCUT2D eigenvalue weighted by molar-refractivity contribution is 6.03. The highest BCUT2D eigenvalue weighted by atomic mass is 16.5. The molecular weight excluding hydrogens is 837 g/mol. The van der Waals surface area contributed by atoms with Crippen molar-refractivity contribution in [2.75, 3.05) is 42.0 Å². The van der Waals surface area contributed by atoms with E-state index in [0.29, 0.717) is 57.7 Å². The molecule has 2 heterocycles. The average Bonchev–Trinajstić information content (AvgIpc) is 3.45. The molecule has 1 atom stereocenters. The fourth-order valence-electron chi connectivity index (χ4n) is 8.21. The van der Waals surface area contributed by atoms with E-state index in [0.717, 1.165) is 71.8 Å². The molecular formula is C52H70N6O8. The zero-order valence-electron chi connectivity index (χ0n) is 38.9. The fourth-order valence-corrected chi connectivity index (χ4v) is 8.21. The van der Waals surface area contributed by atoms with E-state index >= 15 is 0 Å². The first-order chi connectivity index (χ1) is 32.3. The van der Waals surface area contributed by atoms with Crippen LogP contribution in [-0.4, -0.2) is 72.3 Å². The van der Waals surface area contributed by atoms with Gasteiger partial charge in [-0.25, -0.2) is 0 Å². The Morgan fingerprint density at radius 3 is 1.98 bits per heavy atom. The predicted octanol–water partition coefficient (Wildman–Crippen LogP) is 9.75. The van der Waals surface area contributed by atoms with Gasteiger partial charge in [0, 0.05) is 35.0 Å². The number of ether oxygens (including phenoxy) is 3. The molecule has 3 aromatic carbocycles. The van der Waals surface area contributed by atoms with E-state index in [1.54, 1.807) is 18.0 Å². The summed E-state index contributed by atoms with van der Waals surface area (Å²) in [5.41, 5.74) is 9.02. The van der Waals surface area contributed by atoms with Crippen LogP contribution in [0.1, 0.15) is 140 Å². The second kappa shape index (κ2) is 29.5. The van der Waals surface area contributed by atoms with Gasteiger partial charge in [0.05, 0.1) is 32.4 Å². The summed E-state index contributed by atoms with van der Waals surface area (Å²) in [6, 6.07) is 22.7. The lowest BCUT2D eigenvalue weighted by Gasteiger charge is -2.26. The minimum absolute atomic E-state index is 0.0210. The maximum Gasteiger partial charge on any atom is 0.326 e. The normalized spacial score (nSPS) is 13.4. The smallest absolute Gasteiger partial charge is 0.326 e. The zero-order chi connectivity index (χ0) is 46.6. The van der Waals surface area contributed by atoms with Crippen molar-refractivity contribution in [2.45, 2.75) is 148 Å². The summed E-state index contributed by atoms with van der Waals surface area (Å²) in [5.74, 6) is -1.02. The Bertz CT molecular complexity index is 2130. The van der Waals surface area contributed by atoms with Crippen LogP contribution in [0.15, 0.2) is 79.0 Å². The maximum atomic E-state index is 14.0. The zero-order valence-corrected chi connectivity index (χ0v) is 38.9. The van der Waals surface area contributed by atoms with Crippen molar-refractivity contribution in [2.24, 2.45) is 0 Å². The second-order valence-corrected chi connectivity index (χ2v) is 16.9. The summed E-state index contributed by atoms with van der Waals surface area (Å²) in [4.78, 5) is 64.9. The van der Waals surface area contributed by atoms with Gasteiger partial charge in [0.15, 0.2) is 5.82 Å². The lowest BCUT2D eigenvalue weighted by atomic mass is 10.0. The number of amides is 2. The molecule has 1 aliphatic rings. The highest BCUT2D eigenvalue weighted by Gasteiger charge is 2.32. The standard InChI is InChI=1S/C52H70N6O8/c1-2-64-48(60)31-23-27-40-24-16-19-29-44(40)54-45-33-32-41-25-17-20-30-46(41)58(52(45)63)39-50(62)66-37-22-14-12-10-8-6-4-3-5-7-9-11-13-21-36-65-49(61)35-34-47(59)55-57-51-43-28-18-15-26-42(43)38-53-56-51/h15-20,24-26,28-30,38,45,54H,2-14,21-23,27,31-37,39H2,1H3,(H,55,59)(H,56,57). The summed E-state index contributed by atoms with van der Waals surface area (Å²) >= 11 is 0. The van der Waals surface area contributed by atoms with Gasteiger partial charge in [0.25, 0.3) is 0 Å². The molecule has 1 aromatic heterocycles. The molecule has 14 nitrogen and oxygen atoms in total. The van der Waals surface area contributed by atoms with Gasteiger partial charge in [-0.15, -0.1) is 5.10 Å². The number of fused-ring (bicyclic) bond motifs is 2. The summed E-state index contributed by atoms with van der Waals surface area (Å²) in [5, 5.41) is 13.2. The third-order valence-electron chi connectivity index (χ3n) is 11.8. The van der Waals surface area contributed by atoms with Crippen LogP contribution in [0.2, 0.25) is 0 Å². The first kappa shape index (κ1) is 50.9. The molecule has 1 unspecified atom stereocenters. The summed E-state index contributed by atoms with van der Waals surface area (Å²) in [6.07, 6.45) is 20.3. The van der Waals surface area contributed by atoms with Crippen molar-refractivity contribution in [1.82, 2.24) is 15.6 Å². The number of hydrogen-bond acceptors (Lipinski definition) is 12. The largest absolute Gasteiger partial charge is 0.466 e. The Hall–Kier alpha value is -6.05. The number of hydrogen-bond donors (Lipinski definition) is 3. The molecule has 3 N–H and O–H groups in total. The lowest BCUT2D eigenvalue weighted by Crippen LogP contribution is -2.45. The van der Waals surface area contributed by atoms with Crippen LogP contribution in [0.3, 0.4) is 0 Å². The third-order valence-corrected chi connectivity index (χ3v) is 11.8. The molecule has 66 heavy (non-hydrogen) atoms. The Morgan fingerprint density at radius 1 is 0.667 bits per heavy atom. The van der Waals surface area contributed by atoms with Gasteiger partial charge in [0.2, 0.25) is 11.8 Å². The van der Waals surface area contributed by atoms with Crippen LogP contribution in [0.4, 0.5) is 17.2 Å². The first-order valence-electron chi connectivity index (χ1n) is 24.3. The van der Waals surface area contributed by atoms with E-state index in [4.69, 9.17) is 14.2 Å². The number of unbranched alkanes of at least 4 members (excludes halogenated alkanes) is 13. The molecule has 1 aliphatic heterocycles. The molecule has 0 saturated carbocycles. The molecule has 14 heteroatoms. The molecule has 4 aromatic rings. The Balaban J connectivity index is 0.839.